The average molecular weight is 378 g/mol. The van der Waals surface area contributed by atoms with E-state index in [4.69, 9.17) is 0 Å². The van der Waals surface area contributed by atoms with Gasteiger partial charge in [-0.05, 0) is 44.9 Å². The minimum absolute atomic E-state index is 0.0444. The third-order valence-electron chi connectivity index (χ3n) is 5.04. The molecule has 0 spiro atoms. The normalized spacial score (nSPS) is 12.2. The quantitative estimate of drug-likeness (QED) is 0.578. The number of hydrogen-bond donors (Lipinski definition) is 3. The topological polar surface area (TPSA) is 66.4 Å². The Balaban J connectivity index is 1.67. The summed E-state index contributed by atoms with van der Waals surface area (Å²) in [6.45, 7) is 8.45. The van der Waals surface area contributed by atoms with Crippen LogP contribution in [0.5, 0.6) is 0 Å². The molecule has 0 bridgehead atoms. The van der Waals surface area contributed by atoms with Crippen LogP contribution in [0.1, 0.15) is 32.7 Å². The second-order valence-corrected chi connectivity index (χ2v) is 7.73. The molecule has 1 heterocycles. The van der Waals surface area contributed by atoms with Gasteiger partial charge in [-0.15, -0.1) is 0 Å². The van der Waals surface area contributed by atoms with E-state index in [2.05, 4.69) is 22.4 Å². The molecule has 3 rings (SSSR count). The number of aromatic amines is 1. The molecule has 2 aromatic carbocycles. The van der Waals surface area contributed by atoms with E-state index < -0.39 is 0 Å². The minimum Gasteiger partial charge on any atom is -0.358 e. The lowest BCUT2D eigenvalue weighted by molar-refractivity contribution is -0.861. The molecule has 146 valence electrons. The van der Waals surface area contributed by atoms with Gasteiger partial charge in [0.05, 0.1) is 12.6 Å². The molecular weight excluding hydrogens is 350 g/mol. The molecule has 3 N–H and O–H groups in total. The highest BCUT2D eigenvalue weighted by atomic mass is 16.2. The van der Waals surface area contributed by atoms with E-state index in [9.17, 15) is 9.59 Å². The summed E-state index contributed by atoms with van der Waals surface area (Å²) < 4.78 is 0. The number of benzene rings is 2. The zero-order chi connectivity index (χ0) is 20.4. The first kappa shape index (κ1) is 19.8. The van der Waals surface area contributed by atoms with Crippen molar-refractivity contribution in [3.05, 3.63) is 64.3 Å². The fourth-order valence-electron chi connectivity index (χ4n) is 3.90. The first-order valence-corrected chi connectivity index (χ1v) is 9.55. The molecule has 0 saturated heterocycles. The van der Waals surface area contributed by atoms with E-state index in [1.54, 1.807) is 0 Å². The van der Waals surface area contributed by atoms with E-state index >= 15 is 0 Å². The minimum atomic E-state index is -0.0870. The third-order valence-corrected chi connectivity index (χ3v) is 5.04. The number of anilines is 1. The molecule has 1 amide bonds. The summed E-state index contributed by atoms with van der Waals surface area (Å²) >= 11 is 0. The van der Waals surface area contributed by atoms with Crippen molar-refractivity contribution >= 4 is 28.3 Å². The Morgan fingerprint density at radius 1 is 1.00 bits per heavy atom. The van der Waals surface area contributed by atoms with Crippen LogP contribution in [-0.4, -0.2) is 36.8 Å². The van der Waals surface area contributed by atoms with Crippen LogP contribution < -0.4 is 10.2 Å². The van der Waals surface area contributed by atoms with E-state index in [1.807, 2.05) is 59.0 Å². The number of H-pyrrole nitrogens is 1. The fourth-order valence-corrected chi connectivity index (χ4v) is 3.90. The molecular formula is C23H28N3O2+. The highest BCUT2D eigenvalue weighted by Gasteiger charge is 2.21. The molecule has 28 heavy (non-hydrogen) atoms. The molecule has 1 atom stereocenters. The van der Waals surface area contributed by atoms with Crippen LogP contribution in [0.15, 0.2) is 36.4 Å². The Morgan fingerprint density at radius 3 is 2.32 bits per heavy atom. The van der Waals surface area contributed by atoms with Crippen LogP contribution in [0.3, 0.4) is 0 Å². The van der Waals surface area contributed by atoms with Crippen molar-refractivity contribution < 1.29 is 14.5 Å². The Kier molecular flexibility index (Phi) is 5.66. The Morgan fingerprint density at radius 2 is 1.64 bits per heavy atom. The third kappa shape index (κ3) is 4.15. The number of hydrogen-bond acceptors (Lipinski definition) is 2. The van der Waals surface area contributed by atoms with E-state index in [0.717, 1.165) is 43.9 Å². The van der Waals surface area contributed by atoms with E-state index in [1.165, 1.54) is 5.56 Å². The van der Waals surface area contributed by atoms with Crippen molar-refractivity contribution in [2.45, 2.75) is 27.7 Å². The number of quaternary nitrogens is 1. The summed E-state index contributed by atoms with van der Waals surface area (Å²) in [4.78, 5) is 29.5. The molecule has 5 nitrogen and oxygen atoms in total. The Hall–Kier alpha value is -2.92. The molecule has 1 unspecified atom stereocenters. The highest BCUT2D eigenvalue weighted by Crippen LogP contribution is 2.22. The Bertz CT molecular complexity index is 1030. The van der Waals surface area contributed by atoms with Gasteiger partial charge in [-0.3, -0.25) is 9.59 Å². The van der Waals surface area contributed by atoms with Gasteiger partial charge in [0.25, 0.3) is 5.91 Å². The van der Waals surface area contributed by atoms with Crippen molar-refractivity contribution in [2.75, 3.05) is 25.5 Å². The van der Waals surface area contributed by atoms with Crippen LogP contribution in [-0.2, 0) is 4.79 Å². The second-order valence-electron chi connectivity index (χ2n) is 7.73. The van der Waals surface area contributed by atoms with Crippen molar-refractivity contribution in [1.29, 1.82) is 0 Å². The number of nitrogens with one attached hydrogen (secondary N) is 3. The number of aromatic nitrogens is 1. The summed E-state index contributed by atoms with van der Waals surface area (Å²) in [5.41, 5.74) is 6.69. The highest BCUT2D eigenvalue weighted by molar-refractivity contribution is 6.09. The molecule has 5 heteroatoms. The van der Waals surface area contributed by atoms with Crippen molar-refractivity contribution in [3.63, 3.8) is 0 Å². The number of carbonyl (C=O) groups is 2. The van der Waals surface area contributed by atoms with Crippen LogP contribution in [0.4, 0.5) is 5.69 Å². The van der Waals surface area contributed by atoms with Crippen LogP contribution >= 0.6 is 0 Å². The van der Waals surface area contributed by atoms with Gasteiger partial charge in [-0.25, -0.2) is 0 Å². The van der Waals surface area contributed by atoms with Gasteiger partial charge in [0.2, 0.25) is 5.78 Å². The standard InChI is InChI=1S/C23H27N3O2/c1-14-10-15(2)23(16(3)11-14)25-21(28)13-26(5)12-20(27)22-17(4)24-19-9-7-6-8-18(19)22/h6-11,24H,12-13H2,1-5H3,(H,25,28)/p+1. The largest absolute Gasteiger partial charge is 0.358 e. The summed E-state index contributed by atoms with van der Waals surface area (Å²) in [6, 6.07) is 11.9. The lowest BCUT2D eigenvalue weighted by atomic mass is 10.1. The number of rotatable bonds is 6. The maximum absolute atomic E-state index is 12.9. The van der Waals surface area contributed by atoms with Gasteiger partial charge in [0.15, 0.2) is 6.54 Å². The molecule has 0 aliphatic rings. The molecule has 0 saturated carbocycles. The zero-order valence-electron chi connectivity index (χ0n) is 17.2. The average Bonchev–Trinajstić information content (AvgIpc) is 2.93. The molecule has 0 radical (unpaired) electrons. The number of ketones is 1. The van der Waals surface area contributed by atoms with Crippen molar-refractivity contribution in [2.24, 2.45) is 0 Å². The second kappa shape index (κ2) is 7.98. The number of carbonyl (C=O) groups excluding carboxylic acids is 2. The van der Waals surface area contributed by atoms with E-state index in [-0.39, 0.29) is 24.8 Å². The molecule has 0 aliphatic heterocycles. The maximum atomic E-state index is 12.9. The molecule has 0 fully saturated rings. The SMILES string of the molecule is Cc1cc(C)c(NC(=O)C[NH+](C)CC(=O)c2c(C)[nH]c3ccccc23)c(C)c1. The van der Waals surface area contributed by atoms with Crippen molar-refractivity contribution in [1.82, 2.24) is 4.98 Å². The number of Topliss-reactive ketones (excluding diaryl/α,β-unsaturated/α-hetero) is 1. The van der Waals surface area contributed by atoms with Gasteiger partial charge in [0, 0.05) is 22.3 Å². The van der Waals surface area contributed by atoms with E-state index in [0.29, 0.717) is 0 Å². The lowest BCUT2D eigenvalue weighted by Gasteiger charge is -2.16. The van der Waals surface area contributed by atoms with Gasteiger partial charge < -0.3 is 15.2 Å². The number of para-hydroxylation sites is 1. The first-order valence-electron chi connectivity index (χ1n) is 9.55. The van der Waals surface area contributed by atoms with Crippen LogP contribution in [0, 0.1) is 27.7 Å². The predicted molar refractivity (Wildman–Crippen MR) is 113 cm³/mol. The molecule has 0 aliphatic carbocycles. The fraction of sp³-hybridized carbons (Fsp3) is 0.304. The number of fused-ring (bicyclic) bond motifs is 1. The summed E-state index contributed by atoms with van der Waals surface area (Å²) in [7, 11) is 1.87. The summed E-state index contributed by atoms with van der Waals surface area (Å²) in [5.74, 6) is -0.0426. The first-order chi connectivity index (χ1) is 13.3. The molecule has 1 aromatic heterocycles. The van der Waals surface area contributed by atoms with Crippen molar-refractivity contribution in [3.8, 4) is 0 Å². The van der Waals surface area contributed by atoms with Gasteiger partial charge in [-0.2, -0.15) is 0 Å². The number of aryl methyl sites for hydroxylation is 4. The van der Waals surface area contributed by atoms with Crippen LogP contribution in [0.2, 0.25) is 0 Å². The number of likely N-dealkylation sites (N-methyl/N-ethyl adjacent to an activating group) is 1. The smallest absolute Gasteiger partial charge is 0.279 e. The zero-order valence-corrected chi connectivity index (χ0v) is 17.2. The number of amides is 1. The Labute approximate surface area is 165 Å². The van der Waals surface area contributed by atoms with Gasteiger partial charge >= 0.3 is 0 Å². The van der Waals surface area contributed by atoms with Gasteiger partial charge in [0.1, 0.15) is 6.54 Å². The molecule has 3 aromatic rings. The summed E-state index contributed by atoms with van der Waals surface area (Å²) in [5, 5.41) is 3.95. The summed E-state index contributed by atoms with van der Waals surface area (Å²) in [6.07, 6.45) is 0. The van der Waals surface area contributed by atoms with Crippen LogP contribution in [0.25, 0.3) is 10.9 Å². The lowest BCUT2D eigenvalue weighted by Crippen LogP contribution is -3.11. The predicted octanol–water partition coefficient (Wildman–Crippen LogP) is 2.74. The van der Waals surface area contributed by atoms with Gasteiger partial charge in [-0.1, -0.05) is 35.9 Å². The maximum Gasteiger partial charge on any atom is 0.279 e. The monoisotopic (exact) mass is 378 g/mol.